The van der Waals surface area contributed by atoms with E-state index < -0.39 is 17.8 Å². The summed E-state index contributed by atoms with van der Waals surface area (Å²) in [4.78, 5) is 28.4. The highest BCUT2D eigenvalue weighted by Crippen LogP contribution is 2.49. The van der Waals surface area contributed by atoms with E-state index in [1.54, 1.807) is 0 Å². The molecule has 42 heavy (non-hydrogen) atoms. The summed E-state index contributed by atoms with van der Waals surface area (Å²) in [6, 6.07) is 8.69. The molecule has 4 aliphatic rings. The number of nitriles is 1. The summed E-state index contributed by atoms with van der Waals surface area (Å²) >= 11 is 6.67. The minimum atomic E-state index is -1.00. The van der Waals surface area contributed by atoms with E-state index in [0.29, 0.717) is 31.7 Å². The van der Waals surface area contributed by atoms with Crippen molar-refractivity contribution in [1.29, 1.82) is 5.26 Å². The number of aromatic nitrogens is 2. The third-order valence-corrected chi connectivity index (χ3v) is 10.2. The average Bonchev–Trinajstić information content (AvgIpc) is 3.40. The molecule has 0 saturated carbocycles. The van der Waals surface area contributed by atoms with Gasteiger partial charge in [-0.3, -0.25) is 4.79 Å². The Bertz CT molecular complexity index is 1430. The number of piperazine rings is 1. The second kappa shape index (κ2) is 11.8. The molecule has 2 aliphatic heterocycles. The van der Waals surface area contributed by atoms with Crippen molar-refractivity contribution in [3.05, 3.63) is 58.0 Å². The first kappa shape index (κ1) is 28.9. The van der Waals surface area contributed by atoms with E-state index in [4.69, 9.17) is 26.3 Å². The molecule has 3 heterocycles. The van der Waals surface area contributed by atoms with Crippen LogP contribution in [0, 0.1) is 11.3 Å². The Hall–Kier alpha value is -3.22. The number of nitrogens with zero attached hydrogens (tertiary/aromatic N) is 6. The van der Waals surface area contributed by atoms with Crippen LogP contribution in [0.1, 0.15) is 60.9 Å². The van der Waals surface area contributed by atoms with E-state index in [2.05, 4.69) is 41.6 Å². The zero-order valence-electron chi connectivity index (χ0n) is 24.2. The number of anilines is 1. The summed E-state index contributed by atoms with van der Waals surface area (Å²) in [5, 5.41) is 10.3. The second-order valence-corrected chi connectivity index (χ2v) is 12.7. The number of rotatable bonds is 6. The Morgan fingerprint density at radius 2 is 2.05 bits per heavy atom. The molecule has 10 heteroatoms. The smallest absolute Gasteiger partial charge is 0.318 e. The van der Waals surface area contributed by atoms with Crippen LogP contribution in [0.3, 0.4) is 0 Å². The summed E-state index contributed by atoms with van der Waals surface area (Å²) in [6.07, 6.45) is 8.07. The van der Waals surface area contributed by atoms with Crippen LogP contribution in [0.4, 0.5) is 10.2 Å². The normalized spacial score (nSPS) is 25.6. The molecule has 6 rings (SSSR count). The predicted molar refractivity (Wildman–Crippen MR) is 159 cm³/mol. The number of amides is 1. The Labute approximate surface area is 252 Å². The van der Waals surface area contributed by atoms with Gasteiger partial charge in [-0.1, -0.05) is 30.3 Å². The van der Waals surface area contributed by atoms with Crippen molar-refractivity contribution in [3.8, 4) is 12.1 Å². The number of carbonyl (C=O) groups is 1. The lowest BCUT2D eigenvalue weighted by molar-refractivity contribution is -0.131. The number of likely N-dealkylation sites (N-methyl/N-ethyl adjacent to an activating group) is 1. The molecule has 1 amide bonds. The third-order valence-electron chi connectivity index (χ3n) is 9.86. The maximum atomic E-state index is 13.8. The predicted octanol–water partition coefficient (Wildman–Crippen LogP) is 4.78. The van der Waals surface area contributed by atoms with Crippen LogP contribution in [-0.2, 0) is 29.5 Å². The van der Waals surface area contributed by atoms with Gasteiger partial charge in [0, 0.05) is 41.7 Å². The maximum Gasteiger partial charge on any atom is 0.318 e. The van der Waals surface area contributed by atoms with Gasteiger partial charge in [0.2, 0.25) is 0 Å². The molecule has 8 nitrogen and oxygen atoms in total. The Morgan fingerprint density at radius 1 is 1.19 bits per heavy atom. The molecule has 2 saturated heterocycles. The van der Waals surface area contributed by atoms with E-state index in [9.17, 15) is 14.4 Å². The average molecular weight is 593 g/mol. The molecule has 0 bridgehead atoms. The van der Waals surface area contributed by atoms with Crippen molar-refractivity contribution in [1.82, 2.24) is 19.8 Å². The molecular formula is C32H38ClFN6O2. The summed E-state index contributed by atoms with van der Waals surface area (Å²) in [6.45, 7) is 5.91. The van der Waals surface area contributed by atoms with E-state index in [0.717, 1.165) is 80.0 Å². The topological polar surface area (TPSA) is 85.6 Å². The van der Waals surface area contributed by atoms with Gasteiger partial charge in [0.25, 0.3) is 5.91 Å². The van der Waals surface area contributed by atoms with Gasteiger partial charge in [-0.15, -0.1) is 0 Å². The molecule has 0 radical (unpaired) electrons. The molecule has 1 spiro atoms. The lowest BCUT2D eigenvalue weighted by atomic mass is 9.62. The van der Waals surface area contributed by atoms with Gasteiger partial charge in [-0.2, -0.15) is 15.2 Å². The maximum absolute atomic E-state index is 13.8. The number of carbonyl (C=O) groups excluding carboxylic acids is 1. The summed E-state index contributed by atoms with van der Waals surface area (Å²) in [7, 11) is 2.12. The van der Waals surface area contributed by atoms with Crippen LogP contribution in [-0.4, -0.2) is 77.6 Å². The molecule has 1 aromatic heterocycles. The highest BCUT2D eigenvalue weighted by Gasteiger charge is 2.43. The Kier molecular flexibility index (Phi) is 8.12. The van der Waals surface area contributed by atoms with Gasteiger partial charge in [0.15, 0.2) is 5.83 Å². The number of halogens is 2. The summed E-state index contributed by atoms with van der Waals surface area (Å²) in [5.74, 6) is -0.946. The molecule has 1 aromatic carbocycles. The van der Waals surface area contributed by atoms with Gasteiger partial charge in [-0.25, -0.2) is 4.39 Å². The van der Waals surface area contributed by atoms with Gasteiger partial charge in [0.1, 0.15) is 12.4 Å². The molecule has 0 N–H and O–H groups in total. The van der Waals surface area contributed by atoms with Crippen LogP contribution in [0.5, 0.6) is 6.01 Å². The van der Waals surface area contributed by atoms with Crippen LogP contribution in [0.25, 0.3) is 0 Å². The molecule has 3 atom stereocenters. The molecular weight excluding hydrogens is 555 g/mol. The number of ether oxygens (including phenoxy) is 1. The molecule has 222 valence electrons. The van der Waals surface area contributed by atoms with Crippen LogP contribution in [0.2, 0.25) is 5.02 Å². The number of benzene rings is 1. The summed E-state index contributed by atoms with van der Waals surface area (Å²) in [5.41, 5.74) is 4.68. The van der Waals surface area contributed by atoms with Crippen molar-refractivity contribution in [2.75, 3.05) is 44.7 Å². The fourth-order valence-electron chi connectivity index (χ4n) is 7.60. The van der Waals surface area contributed by atoms with Gasteiger partial charge >= 0.3 is 6.01 Å². The molecule has 1 unspecified atom stereocenters. The quantitative estimate of drug-likeness (QED) is 0.446. The minimum absolute atomic E-state index is 0.0318. The van der Waals surface area contributed by atoms with Gasteiger partial charge in [0.05, 0.1) is 24.2 Å². The van der Waals surface area contributed by atoms with Crippen molar-refractivity contribution in [3.63, 3.8) is 0 Å². The first-order valence-electron chi connectivity index (χ1n) is 15.1. The van der Waals surface area contributed by atoms with Crippen molar-refractivity contribution in [2.45, 2.75) is 75.3 Å². The number of likely N-dealkylation sites (tertiary alicyclic amines) is 1. The van der Waals surface area contributed by atoms with Crippen molar-refractivity contribution >= 4 is 23.3 Å². The van der Waals surface area contributed by atoms with Crippen LogP contribution < -0.4 is 9.64 Å². The van der Waals surface area contributed by atoms with Gasteiger partial charge in [-0.05, 0) is 82.2 Å². The largest absolute Gasteiger partial charge is 0.462 e. The Balaban J connectivity index is 1.35. The Morgan fingerprint density at radius 3 is 2.81 bits per heavy atom. The number of hydrogen-bond donors (Lipinski definition) is 0. The van der Waals surface area contributed by atoms with E-state index in [-0.39, 0.29) is 18.4 Å². The fourth-order valence-corrected chi connectivity index (χ4v) is 7.87. The van der Waals surface area contributed by atoms with E-state index in [1.807, 2.05) is 6.07 Å². The van der Waals surface area contributed by atoms with E-state index in [1.165, 1.54) is 16.0 Å². The highest BCUT2D eigenvalue weighted by molar-refractivity contribution is 6.31. The van der Waals surface area contributed by atoms with Crippen LogP contribution in [0.15, 0.2) is 30.6 Å². The zero-order valence-corrected chi connectivity index (χ0v) is 25.0. The van der Waals surface area contributed by atoms with Crippen molar-refractivity contribution < 1.29 is 13.9 Å². The lowest BCUT2D eigenvalue weighted by Gasteiger charge is -2.45. The monoisotopic (exact) mass is 592 g/mol. The number of hydrogen-bond acceptors (Lipinski definition) is 7. The zero-order chi connectivity index (χ0) is 29.4. The molecule has 2 aromatic rings. The lowest BCUT2D eigenvalue weighted by Crippen LogP contribution is -2.55. The van der Waals surface area contributed by atoms with E-state index >= 15 is 0 Å². The summed E-state index contributed by atoms with van der Waals surface area (Å²) < 4.78 is 20.1. The highest BCUT2D eigenvalue weighted by atomic mass is 35.5. The van der Waals surface area contributed by atoms with Crippen molar-refractivity contribution in [2.24, 2.45) is 0 Å². The molecule has 2 fully saturated rings. The third kappa shape index (κ3) is 5.35. The number of fused-ring (bicyclic) bond motifs is 3. The van der Waals surface area contributed by atoms with Gasteiger partial charge < -0.3 is 19.4 Å². The standard InChI is InChI=1S/C32H38ClFN6O2/c1-21(34)30(41)40-17-16-39(19-22(40)11-14-35)29-25-10-13-32(12-4-7-24-26(32)8-3-9-27(24)33)18-28(25)36-31(37-29)42-20-23-6-5-15-38(23)2/h3,8-9,22-23H,1,4-7,10-13,15-20H2,2H3/t22-,23-,32?/m0/s1. The second-order valence-electron chi connectivity index (χ2n) is 12.3. The fraction of sp³-hybridized carbons (Fsp3) is 0.562. The first-order valence-corrected chi connectivity index (χ1v) is 15.5. The SMILES string of the molecule is C=C(F)C(=O)N1CCN(c2nc(OC[C@@H]3CCCN3C)nc3c2CCC2(CCCc4c(Cl)cccc42)C3)C[C@@H]1CC#N. The van der Waals surface area contributed by atoms with Crippen LogP contribution >= 0.6 is 11.6 Å². The molecule has 2 aliphatic carbocycles. The minimum Gasteiger partial charge on any atom is -0.462 e. The first-order chi connectivity index (χ1) is 20.3.